The van der Waals surface area contributed by atoms with Crippen molar-refractivity contribution >= 4 is 5.91 Å². The van der Waals surface area contributed by atoms with Crippen molar-refractivity contribution in [3.8, 4) is 17.2 Å². The molecule has 2 aromatic carbocycles. The minimum Gasteiger partial charge on any atom is -0.497 e. The number of methoxy groups -OCH3 is 3. The van der Waals surface area contributed by atoms with Crippen LogP contribution >= 0.6 is 0 Å². The van der Waals surface area contributed by atoms with E-state index in [0.29, 0.717) is 23.6 Å². The lowest BCUT2D eigenvalue weighted by Crippen LogP contribution is -2.23. The van der Waals surface area contributed by atoms with Gasteiger partial charge in [0.2, 0.25) is 0 Å². The van der Waals surface area contributed by atoms with Gasteiger partial charge < -0.3 is 19.5 Å². The Morgan fingerprint density at radius 2 is 1.55 bits per heavy atom. The van der Waals surface area contributed by atoms with Crippen LogP contribution in [0, 0.1) is 0 Å². The zero-order valence-corrected chi connectivity index (χ0v) is 12.9. The van der Waals surface area contributed by atoms with Gasteiger partial charge in [-0.25, -0.2) is 0 Å². The average Bonchev–Trinajstić information content (AvgIpc) is 2.59. The van der Waals surface area contributed by atoms with Gasteiger partial charge in [0.25, 0.3) is 5.91 Å². The molecule has 0 atom stereocenters. The predicted octanol–water partition coefficient (Wildman–Crippen LogP) is 2.64. The molecule has 0 saturated carbocycles. The highest BCUT2D eigenvalue weighted by Crippen LogP contribution is 2.24. The summed E-state index contributed by atoms with van der Waals surface area (Å²) in [6, 6.07) is 12.6. The van der Waals surface area contributed by atoms with Gasteiger partial charge in [0.1, 0.15) is 17.2 Å². The number of carbonyl (C=O) groups excluding carboxylic acids is 1. The minimum absolute atomic E-state index is 0.199. The van der Waals surface area contributed by atoms with Crippen LogP contribution in [-0.4, -0.2) is 27.2 Å². The van der Waals surface area contributed by atoms with Gasteiger partial charge in [-0.2, -0.15) is 0 Å². The Balaban J connectivity index is 2.05. The molecule has 0 fully saturated rings. The molecule has 0 aliphatic heterocycles. The van der Waals surface area contributed by atoms with Crippen LogP contribution in [0.5, 0.6) is 17.2 Å². The van der Waals surface area contributed by atoms with Gasteiger partial charge >= 0.3 is 0 Å². The van der Waals surface area contributed by atoms with Crippen molar-refractivity contribution < 1.29 is 19.0 Å². The van der Waals surface area contributed by atoms with Crippen LogP contribution in [0.25, 0.3) is 0 Å². The lowest BCUT2D eigenvalue weighted by molar-refractivity contribution is 0.0948. The smallest absolute Gasteiger partial charge is 0.255 e. The van der Waals surface area contributed by atoms with Gasteiger partial charge in [-0.05, 0) is 29.8 Å². The third-order valence-corrected chi connectivity index (χ3v) is 3.27. The summed E-state index contributed by atoms with van der Waals surface area (Å²) in [7, 11) is 4.71. The van der Waals surface area contributed by atoms with Crippen LogP contribution in [0.2, 0.25) is 0 Å². The summed E-state index contributed by atoms with van der Waals surface area (Å²) in [5.74, 6) is 1.71. The fourth-order valence-corrected chi connectivity index (χ4v) is 2.01. The molecule has 116 valence electrons. The van der Waals surface area contributed by atoms with Crippen LogP contribution in [0.3, 0.4) is 0 Å². The van der Waals surface area contributed by atoms with E-state index in [1.807, 2.05) is 24.3 Å². The second-order valence-electron chi connectivity index (χ2n) is 4.60. The molecular formula is C17H19NO4. The quantitative estimate of drug-likeness (QED) is 0.891. The van der Waals surface area contributed by atoms with Gasteiger partial charge in [0.15, 0.2) is 0 Å². The molecule has 0 aliphatic rings. The molecular weight excluding hydrogens is 282 g/mol. The molecule has 0 bridgehead atoms. The van der Waals surface area contributed by atoms with E-state index in [1.165, 1.54) is 7.11 Å². The summed E-state index contributed by atoms with van der Waals surface area (Å²) >= 11 is 0. The maximum Gasteiger partial charge on any atom is 0.255 e. The van der Waals surface area contributed by atoms with Crippen molar-refractivity contribution in [3.63, 3.8) is 0 Å². The fourth-order valence-electron chi connectivity index (χ4n) is 2.01. The first-order valence-corrected chi connectivity index (χ1v) is 6.81. The Labute approximate surface area is 129 Å². The maximum atomic E-state index is 12.3. The number of nitrogens with one attached hydrogen (secondary N) is 1. The third kappa shape index (κ3) is 3.69. The predicted molar refractivity (Wildman–Crippen MR) is 83.7 cm³/mol. The Kier molecular flexibility index (Phi) is 5.25. The van der Waals surface area contributed by atoms with Crippen molar-refractivity contribution in [2.45, 2.75) is 6.54 Å². The van der Waals surface area contributed by atoms with E-state index in [2.05, 4.69) is 5.32 Å². The second kappa shape index (κ2) is 7.36. The zero-order chi connectivity index (χ0) is 15.9. The Morgan fingerprint density at radius 3 is 2.14 bits per heavy atom. The molecule has 0 radical (unpaired) electrons. The molecule has 2 rings (SSSR count). The molecule has 22 heavy (non-hydrogen) atoms. The molecule has 1 N–H and O–H groups in total. The van der Waals surface area contributed by atoms with E-state index in [1.54, 1.807) is 32.4 Å². The van der Waals surface area contributed by atoms with E-state index < -0.39 is 0 Å². The fraction of sp³-hybridized carbons (Fsp3) is 0.235. The van der Waals surface area contributed by atoms with E-state index in [4.69, 9.17) is 14.2 Å². The first-order valence-electron chi connectivity index (χ1n) is 6.81. The number of carbonyl (C=O) groups is 1. The van der Waals surface area contributed by atoms with Crippen LogP contribution in [0.1, 0.15) is 15.9 Å². The molecule has 2 aromatic rings. The Morgan fingerprint density at radius 1 is 0.909 bits per heavy atom. The molecule has 0 heterocycles. The standard InChI is InChI=1S/C17H19NO4/c1-20-13-6-4-12(5-7-13)11-18-17(19)15-9-8-14(21-2)10-16(15)22-3/h4-10H,11H2,1-3H3,(H,18,19). The molecule has 0 spiro atoms. The highest BCUT2D eigenvalue weighted by molar-refractivity contribution is 5.97. The maximum absolute atomic E-state index is 12.3. The summed E-state index contributed by atoms with van der Waals surface area (Å²) < 4.78 is 15.5. The van der Waals surface area contributed by atoms with E-state index in [-0.39, 0.29) is 5.91 Å². The summed E-state index contributed by atoms with van der Waals surface area (Å²) in [6.07, 6.45) is 0. The highest BCUT2D eigenvalue weighted by Gasteiger charge is 2.13. The second-order valence-corrected chi connectivity index (χ2v) is 4.60. The molecule has 0 saturated heterocycles. The van der Waals surface area contributed by atoms with Crippen LogP contribution in [-0.2, 0) is 6.54 Å². The van der Waals surface area contributed by atoms with Crippen LogP contribution in [0.4, 0.5) is 0 Å². The third-order valence-electron chi connectivity index (χ3n) is 3.27. The molecule has 0 aliphatic carbocycles. The number of ether oxygens (including phenoxy) is 3. The number of amides is 1. The zero-order valence-electron chi connectivity index (χ0n) is 12.9. The average molecular weight is 301 g/mol. The monoisotopic (exact) mass is 301 g/mol. The first kappa shape index (κ1) is 15.7. The van der Waals surface area contributed by atoms with Gasteiger partial charge in [0.05, 0.1) is 26.9 Å². The molecule has 1 amide bonds. The lowest BCUT2D eigenvalue weighted by Gasteiger charge is -2.11. The van der Waals surface area contributed by atoms with E-state index in [9.17, 15) is 4.79 Å². The normalized spacial score (nSPS) is 9.95. The van der Waals surface area contributed by atoms with Gasteiger partial charge in [-0.15, -0.1) is 0 Å². The molecule has 5 heteroatoms. The van der Waals surface area contributed by atoms with Crippen molar-refractivity contribution in [2.75, 3.05) is 21.3 Å². The van der Waals surface area contributed by atoms with Crippen molar-refractivity contribution in [2.24, 2.45) is 0 Å². The molecule has 0 aromatic heterocycles. The van der Waals surface area contributed by atoms with Crippen LogP contribution < -0.4 is 19.5 Å². The summed E-state index contributed by atoms with van der Waals surface area (Å²) in [4.78, 5) is 12.3. The van der Waals surface area contributed by atoms with Crippen molar-refractivity contribution in [1.29, 1.82) is 0 Å². The Hall–Kier alpha value is -2.69. The summed E-state index contributed by atoms with van der Waals surface area (Å²) in [5.41, 5.74) is 1.46. The van der Waals surface area contributed by atoms with Gasteiger partial charge in [-0.1, -0.05) is 12.1 Å². The molecule has 0 unspecified atom stereocenters. The number of rotatable bonds is 6. The van der Waals surface area contributed by atoms with Crippen molar-refractivity contribution in [1.82, 2.24) is 5.32 Å². The minimum atomic E-state index is -0.199. The van der Waals surface area contributed by atoms with Crippen LogP contribution in [0.15, 0.2) is 42.5 Å². The number of hydrogen-bond acceptors (Lipinski definition) is 4. The topological polar surface area (TPSA) is 56.8 Å². The molecule has 5 nitrogen and oxygen atoms in total. The number of benzene rings is 2. The largest absolute Gasteiger partial charge is 0.497 e. The van der Waals surface area contributed by atoms with E-state index in [0.717, 1.165) is 11.3 Å². The highest BCUT2D eigenvalue weighted by atomic mass is 16.5. The van der Waals surface area contributed by atoms with Crippen molar-refractivity contribution in [3.05, 3.63) is 53.6 Å². The first-order chi connectivity index (χ1) is 10.7. The summed E-state index contributed by atoms with van der Waals surface area (Å²) in [5, 5.41) is 2.86. The Bertz CT molecular complexity index is 638. The van der Waals surface area contributed by atoms with Gasteiger partial charge in [-0.3, -0.25) is 4.79 Å². The van der Waals surface area contributed by atoms with Gasteiger partial charge in [0, 0.05) is 12.6 Å². The number of hydrogen-bond donors (Lipinski definition) is 1. The van der Waals surface area contributed by atoms with E-state index >= 15 is 0 Å². The SMILES string of the molecule is COc1ccc(CNC(=O)c2ccc(OC)cc2OC)cc1. The lowest BCUT2D eigenvalue weighted by atomic mass is 10.1. The summed E-state index contributed by atoms with van der Waals surface area (Å²) in [6.45, 7) is 0.429.